The summed E-state index contributed by atoms with van der Waals surface area (Å²) in [7, 11) is 0. The van der Waals surface area contributed by atoms with Gasteiger partial charge in [0.1, 0.15) is 11.9 Å². The van der Waals surface area contributed by atoms with Crippen molar-refractivity contribution in [2.24, 2.45) is 0 Å². The van der Waals surface area contributed by atoms with Gasteiger partial charge in [0.25, 0.3) is 0 Å². The number of carbonyl (C=O) groups is 2. The Kier molecular flexibility index (Phi) is 2.59. The highest BCUT2D eigenvalue weighted by molar-refractivity contribution is 5.71. The number of hydrogen-bond donors (Lipinski definition) is 1. The lowest BCUT2D eigenvalue weighted by molar-refractivity contribution is 0.111. The third-order valence-electron chi connectivity index (χ3n) is 2.62. The Morgan fingerprint density at radius 1 is 1.62 bits per heavy atom. The number of aromatic nitrogens is 2. The summed E-state index contributed by atoms with van der Waals surface area (Å²) in [6, 6.07) is -0.600. The minimum absolute atomic E-state index is 0.0746. The summed E-state index contributed by atoms with van der Waals surface area (Å²) in [6.45, 7) is -0.0697. The second kappa shape index (κ2) is 3.92. The molecule has 86 valence electrons. The van der Waals surface area contributed by atoms with E-state index in [0.29, 0.717) is 6.29 Å². The van der Waals surface area contributed by atoms with Crippen molar-refractivity contribution in [2.75, 3.05) is 13.1 Å². The number of likely N-dealkylation sites (tertiary alicyclic amines) is 1. The SMILES string of the molecule is O=Cc1cn([C@@H]2CN(C(=O)O)C[C@H]2F)cn1. The molecule has 1 aromatic heterocycles. The molecular formula is C9H10FN3O3. The van der Waals surface area contributed by atoms with Crippen molar-refractivity contribution in [1.82, 2.24) is 14.5 Å². The average molecular weight is 227 g/mol. The van der Waals surface area contributed by atoms with Gasteiger partial charge in [0.2, 0.25) is 0 Å². The van der Waals surface area contributed by atoms with Gasteiger partial charge >= 0.3 is 6.09 Å². The predicted octanol–water partition coefficient (Wildman–Crippen LogP) is 0.568. The minimum Gasteiger partial charge on any atom is -0.465 e. The van der Waals surface area contributed by atoms with Crippen LogP contribution in [0.2, 0.25) is 0 Å². The van der Waals surface area contributed by atoms with Crippen molar-refractivity contribution in [3.8, 4) is 0 Å². The number of rotatable bonds is 2. The fourth-order valence-electron chi connectivity index (χ4n) is 1.78. The fourth-order valence-corrected chi connectivity index (χ4v) is 1.78. The number of hydrogen-bond acceptors (Lipinski definition) is 3. The van der Waals surface area contributed by atoms with Crippen LogP contribution in [-0.4, -0.2) is 51.2 Å². The molecule has 1 amide bonds. The van der Waals surface area contributed by atoms with E-state index in [-0.39, 0.29) is 18.8 Å². The van der Waals surface area contributed by atoms with Gasteiger partial charge in [0.05, 0.1) is 18.9 Å². The molecule has 1 aromatic rings. The Morgan fingerprint density at radius 2 is 2.38 bits per heavy atom. The van der Waals surface area contributed by atoms with E-state index in [4.69, 9.17) is 5.11 Å². The first-order chi connectivity index (χ1) is 7.61. The van der Waals surface area contributed by atoms with Gasteiger partial charge in [-0.15, -0.1) is 0 Å². The third kappa shape index (κ3) is 1.75. The summed E-state index contributed by atoms with van der Waals surface area (Å²) < 4.78 is 15.0. The van der Waals surface area contributed by atoms with Crippen LogP contribution >= 0.6 is 0 Å². The molecule has 1 N–H and O–H groups in total. The summed E-state index contributed by atoms with van der Waals surface area (Å²) in [5.41, 5.74) is 0.209. The highest BCUT2D eigenvalue weighted by Gasteiger charge is 2.36. The van der Waals surface area contributed by atoms with Crippen LogP contribution in [0, 0.1) is 0 Å². The van der Waals surface area contributed by atoms with E-state index in [0.717, 1.165) is 4.90 Å². The quantitative estimate of drug-likeness (QED) is 0.749. The van der Waals surface area contributed by atoms with Crippen molar-refractivity contribution >= 4 is 12.4 Å². The molecule has 16 heavy (non-hydrogen) atoms. The van der Waals surface area contributed by atoms with Crippen LogP contribution in [0.25, 0.3) is 0 Å². The van der Waals surface area contributed by atoms with Crippen LogP contribution in [0.4, 0.5) is 9.18 Å². The number of alkyl halides is 1. The third-order valence-corrected chi connectivity index (χ3v) is 2.62. The van der Waals surface area contributed by atoms with E-state index >= 15 is 0 Å². The standard InChI is InChI=1S/C9H10FN3O3/c10-7-2-12(9(15)16)3-8(7)13-1-6(4-14)11-5-13/h1,4-5,7-8H,2-3H2,(H,15,16)/t7-,8-/m1/s1. The Morgan fingerprint density at radius 3 is 2.88 bits per heavy atom. The molecule has 0 aromatic carbocycles. The second-order valence-corrected chi connectivity index (χ2v) is 3.63. The fraction of sp³-hybridized carbons (Fsp3) is 0.444. The molecule has 1 fully saturated rings. The first-order valence-electron chi connectivity index (χ1n) is 4.72. The molecule has 6 nitrogen and oxygen atoms in total. The number of nitrogens with zero attached hydrogens (tertiary/aromatic N) is 3. The van der Waals surface area contributed by atoms with E-state index < -0.39 is 18.3 Å². The summed E-state index contributed by atoms with van der Waals surface area (Å²) in [6.07, 6.45) is 0.904. The molecule has 0 radical (unpaired) electrons. The summed E-state index contributed by atoms with van der Waals surface area (Å²) >= 11 is 0. The Bertz CT molecular complexity index is 420. The zero-order chi connectivity index (χ0) is 11.7. The van der Waals surface area contributed by atoms with E-state index in [2.05, 4.69) is 4.98 Å². The van der Waals surface area contributed by atoms with E-state index in [9.17, 15) is 14.0 Å². The number of aldehydes is 1. The molecule has 7 heteroatoms. The van der Waals surface area contributed by atoms with Gasteiger partial charge in [0.15, 0.2) is 6.29 Å². The van der Waals surface area contributed by atoms with Crippen LogP contribution in [0.15, 0.2) is 12.5 Å². The van der Waals surface area contributed by atoms with Crippen molar-refractivity contribution in [1.29, 1.82) is 0 Å². The molecule has 0 unspecified atom stereocenters. The van der Waals surface area contributed by atoms with Crippen LogP contribution in [-0.2, 0) is 0 Å². The molecule has 1 aliphatic rings. The monoisotopic (exact) mass is 227 g/mol. The zero-order valence-corrected chi connectivity index (χ0v) is 8.28. The summed E-state index contributed by atoms with van der Waals surface area (Å²) in [4.78, 5) is 25.8. The molecule has 0 aliphatic carbocycles. The maximum absolute atomic E-state index is 13.6. The van der Waals surface area contributed by atoms with Crippen molar-refractivity contribution in [3.63, 3.8) is 0 Å². The lowest BCUT2D eigenvalue weighted by atomic mass is 10.2. The van der Waals surface area contributed by atoms with Gasteiger partial charge < -0.3 is 14.6 Å². The Balaban J connectivity index is 2.16. The first-order valence-corrected chi connectivity index (χ1v) is 4.72. The number of carbonyl (C=O) groups excluding carboxylic acids is 1. The van der Waals surface area contributed by atoms with Gasteiger partial charge in [-0.05, 0) is 0 Å². The molecule has 2 rings (SSSR count). The van der Waals surface area contributed by atoms with Gasteiger partial charge in [-0.3, -0.25) is 4.79 Å². The molecule has 1 saturated heterocycles. The molecule has 0 spiro atoms. The lowest BCUT2D eigenvalue weighted by Gasteiger charge is -2.13. The number of amides is 1. The Labute approximate surface area is 90.3 Å². The van der Waals surface area contributed by atoms with Gasteiger partial charge in [-0.1, -0.05) is 0 Å². The zero-order valence-electron chi connectivity index (χ0n) is 8.28. The second-order valence-electron chi connectivity index (χ2n) is 3.63. The van der Waals surface area contributed by atoms with E-state index in [1.165, 1.54) is 17.1 Å². The van der Waals surface area contributed by atoms with Crippen LogP contribution in [0.3, 0.4) is 0 Å². The number of imidazole rings is 1. The molecule has 0 bridgehead atoms. The topological polar surface area (TPSA) is 75.4 Å². The maximum atomic E-state index is 13.6. The van der Waals surface area contributed by atoms with Crippen molar-refractivity contribution < 1.29 is 19.1 Å². The normalized spacial score (nSPS) is 24.7. The minimum atomic E-state index is -1.27. The molecule has 2 heterocycles. The van der Waals surface area contributed by atoms with Crippen LogP contribution in [0.5, 0.6) is 0 Å². The highest BCUT2D eigenvalue weighted by Crippen LogP contribution is 2.24. The predicted molar refractivity (Wildman–Crippen MR) is 51.1 cm³/mol. The van der Waals surface area contributed by atoms with Crippen molar-refractivity contribution in [3.05, 3.63) is 18.2 Å². The maximum Gasteiger partial charge on any atom is 0.407 e. The van der Waals surface area contributed by atoms with Crippen molar-refractivity contribution in [2.45, 2.75) is 12.2 Å². The molecule has 2 atom stereocenters. The van der Waals surface area contributed by atoms with Gasteiger partial charge in [-0.2, -0.15) is 0 Å². The van der Waals surface area contributed by atoms with Crippen LogP contribution in [0.1, 0.15) is 16.5 Å². The molecular weight excluding hydrogens is 217 g/mol. The van der Waals surface area contributed by atoms with Gasteiger partial charge in [-0.25, -0.2) is 14.2 Å². The summed E-state index contributed by atoms with van der Waals surface area (Å²) in [5, 5.41) is 8.73. The summed E-state index contributed by atoms with van der Waals surface area (Å²) in [5.74, 6) is 0. The lowest BCUT2D eigenvalue weighted by Crippen LogP contribution is -2.27. The molecule has 1 aliphatic heterocycles. The smallest absolute Gasteiger partial charge is 0.407 e. The number of halogens is 1. The van der Waals surface area contributed by atoms with Gasteiger partial charge in [0, 0.05) is 12.7 Å². The highest BCUT2D eigenvalue weighted by atomic mass is 19.1. The average Bonchev–Trinajstić information content (AvgIpc) is 2.83. The number of carboxylic acid groups (broad SMARTS) is 1. The van der Waals surface area contributed by atoms with E-state index in [1.807, 2.05) is 0 Å². The Hall–Kier alpha value is -1.92. The first kappa shape index (κ1) is 10.6. The largest absolute Gasteiger partial charge is 0.465 e. The van der Waals surface area contributed by atoms with Crippen LogP contribution < -0.4 is 0 Å². The van der Waals surface area contributed by atoms with E-state index in [1.54, 1.807) is 0 Å². The molecule has 0 saturated carbocycles.